The van der Waals surface area contributed by atoms with Gasteiger partial charge < -0.3 is 20.0 Å². The highest BCUT2D eigenvalue weighted by Gasteiger charge is 2.28. The van der Waals surface area contributed by atoms with Crippen molar-refractivity contribution >= 4 is 17.4 Å². The van der Waals surface area contributed by atoms with Gasteiger partial charge in [0.05, 0.1) is 25.9 Å². The van der Waals surface area contributed by atoms with E-state index in [0.717, 1.165) is 31.2 Å². The van der Waals surface area contributed by atoms with Crippen LogP contribution >= 0.6 is 0 Å². The predicted molar refractivity (Wildman–Crippen MR) is 135 cm³/mol. The van der Waals surface area contributed by atoms with E-state index in [1.54, 1.807) is 23.3 Å². The summed E-state index contributed by atoms with van der Waals surface area (Å²) in [6.45, 7) is 2.88. The first kappa shape index (κ1) is 24.4. The Balaban J connectivity index is 1.69. The molecule has 186 valence electrons. The first-order chi connectivity index (χ1) is 17.0. The van der Waals surface area contributed by atoms with Crippen LogP contribution in [0.25, 0.3) is 0 Å². The van der Waals surface area contributed by atoms with Crippen LogP contribution in [0.2, 0.25) is 0 Å². The molecule has 1 aliphatic carbocycles. The highest BCUT2D eigenvalue weighted by molar-refractivity contribution is 5.83. The summed E-state index contributed by atoms with van der Waals surface area (Å²) in [5.74, 6) is 0.520. The zero-order valence-corrected chi connectivity index (χ0v) is 20.1. The summed E-state index contributed by atoms with van der Waals surface area (Å²) < 4.78 is 6.84. The number of anilines is 2. The van der Waals surface area contributed by atoms with Crippen molar-refractivity contribution in [1.29, 1.82) is 0 Å². The minimum Gasteiger partial charge on any atom is -0.467 e. The van der Waals surface area contributed by atoms with Gasteiger partial charge in [-0.2, -0.15) is 0 Å². The summed E-state index contributed by atoms with van der Waals surface area (Å²) in [5.41, 5.74) is 6.16. The molecule has 2 aromatic heterocycles. The smallest absolute Gasteiger partial charge is 0.330 e. The third kappa shape index (κ3) is 5.67. The van der Waals surface area contributed by atoms with Crippen molar-refractivity contribution in [3.05, 3.63) is 80.9 Å². The van der Waals surface area contributed by atoms with Gasteiger partial charge >= 0.3 is 5.69 Å². The number of carbonyl (C=O) groups is 1. The second-order valence-electron chi connectivity index (χ2n) is 8.97. The van der Waals surface area contributed by atoms with Crippen molar-refractivity contribution in [2.75, 3.05) is 23.7 Å². The van der Waals surface area contributed by atoms with Gasteiger partial charge in [-0.1, -0.05) is 49.6 Å². The number of nitrogens with two attached hydrogens (primary N) is 1. The average molecular weight is 480 g/mol. The van der Waals surface area contributed by atoms with Gasteiger partial charge in [-0.3, -0.25) is 19.1 Å². The molecule has 1 aliphatic rings. The number of H-pyrrole nitrogens is 1. The van der Waals surface area contributed by atoms with E-state index in [-0.39, 0.29) is 43.1 Å². The van der Waals surface area contributed by atoms with Crippen molar-refractivity contribution in [3.63, 3.8) is 0 Å². The Morgan fingerprint density at radius 3 is 2.51 bits per heavy atom. The van der Waals surface area contributed by atoms with E-state index in [4.69, 9.17) is 10.2 Å². The Bertz CT molecular complexity index is 1230. The molecule has 0 unspecified atom stereocenters. The maximum absolute atomic E-state index is 13.5. The van der Waals surface area contributed by atoms with E-state index < -0.39 is 11.2 Å². The molecule has 0 atom stereocenters. The van der Waals surface area contributed by atoms with Gasteiger partial charge in [-0.15, -0.1) is 0 Å². The lowest BCUT2D eigenvalue weighted by atomic mass is 9.94. The third-order valence-electron chi connectivity index (χ3n) is 6.64. The van der Waals surface area contributed by atoms with Crippen LogP contribution in [-0.2, 0) is 17.9 Å². The lowest BCUT2D eigenvalue weighted by molar-refractivity contribution is -0.132. The number of hydrogen-bond acceptors (Lipinski definition) is 6. The van der Waals surface area contributed by atoms with Crippen LogP contribution in [0.4, 0.5) is 11.5 Å². The number of amides is 1. The van der Waals surface area contributed by atoms with Crippen molar-refractivity contribution in [1.82, 2.24) is 14.5 Å². The third-order valence-corrected chi connectivity index (χ3v) is 6.64. The first-order valence-electron chi connectivity index (χ1n) is 12.2. The molecule has 1 fully saturated rings. The molecule has 4 rings (SSSR count). The molecule has 0 saturated heterocycles. The SMILES string of the molecule is CCN(C(=O)CN(Cc1ccco1)c1c(N)n(Cc2ccccc2)c(=O)[nH]c1=O)C1CCCCC1. The molecular weight excluding hydrogens is 446 g/mol. The van der Waals surface area contributed by atoms with E-state index in [9.17, 15) is 14.4 Å². The topological polar surface area (TPSA) is 118 Å². The summed E-state index contributed by atoms with van der Waals surface area (Å²) in [6.07, 6.45) is 6.94. The Morgan fingerprint density at radius 2 is 1.86 bits per heavy atom. The Kier molecular flexibility index (Phi) is 7.74. The molecule has 1 saturated carbocycles. The zero-order chi connectivity index (χ0) is 24.8. The molecule has 0 bridgehead atoms. The second-order valence-corrected chi connectivity index (χ2v) is 8.97. The summed E-state index contributed by atoms with van der Waals surface area (Å²) >= 11 is 0. The molecule has 3 aromatic rings. The minimum absolute atomic E-state index is 0.0164. The molecule has 0 aliphatic heterocycles. The van der Waals surface area contributed by atoms with E-state index >= 15 is 0 Å². The Hall–Kier alpha value is -3.75. The fraction of sp³-hybridized carbons (Fsp3) is 0.423. The van der Waals surface area contributed by atoms with Gasteiger partial charge in [0.15, 0.2) is 0 Å². The normalized spacial score (nSPS) is 14.1. The number of carbonyl (C=O) groups excluding carboxylic acids is 1. The van der Waals surface area contributed by atoms with Gasteiger partial charge in [0.1, 0.15) is 17.3 Å². The van der Waals surface area contributed by atoms with Crippen LogP contribution in [0.1, 0.15) is 50.4 Å². The van der Waals surface area contributed by atoms with Gasteiger partial charge in [0, 0.05) is 12.6 Å². The molecule has 1 aromatic carbocycles. The monoisotopic (exact) mass is 479 g/mol. The van der Waals surface area contributed by atoms with Crippen LogP contribution in [0.3, 0.4) is 0 Å². The second kappa shape index (κ2) is 11.1. The Morgan fingerprint density at radius 1 is 1.11 bits per heavy atom. The van der Waals surface area contributed by atoms with E-state index in [0.29, 0.717) is 12.3 Å². The standard InChI is InChI=1S/C26H33N5O4/c1-2-30(20-12-7-4-8-13-20)22(32)18-29(17-21-14-9-15-35-21)23-24(27)31(26(34)28-25(23)33)16-19-10-5-3-6-11-19/h3,5-6,9-11,14-15,20H,2,4,7-8,12-13,16-18,27H2,1H3,(H,28,33,34). The molecule has 35 heavy (non-hydrogen) atoms. The van der Waals surface area contributed by atoms with Crippen LogP contribution in [0.15, 0.2) is 62.7 Å². The first-order valence-corrected chi connectivity index (χ1v) is 12.2. The number of hydrogen-bond donors (Lipinski definition) is 2. The number of aromatic amines is 1. The van der Waals surface area contributed by atoms with Gasteiger partial charge in [-0.25, -0.2) is 4.79 Å². The van der Waals surface area contributed by atoms with Crippen LogP contribution in [-0.4, -0.2) is 39.5 Å². The maximum atomic E-state index is 13.5. The van der Waals surface area contributed by atoms with Crippen LogP contribution in [0.5, 0.6) is 0 Å². The van der Waals surface area contributed by atoms with Crippen LogP contribution < -0.4 is 21.9 Å². The van der Waals surface area contributed by atoms with Gasteiger partial charge in [0.25, 0.3) is 5.56 Å². The molecular formula is C26H33N5O4. The number of benzene rings is 1. The van der Waals surface area contributed by atoms with Crippen LogP contribution in [0, 0.1) is 0 Å². The number of nitrogens with zero attached hydrogens (tertiary/aromatic N) is 3. The number of furan rings is 1. The summed E-state index contributed by atoms with van der Waals surface area (Å²) in [5, 5.41) is 0. The van der Waals surface area contributed by atoms with Gasteiger partial charge in [0.2, 0.25) is 5.91 Å². The highest BCUT2D eigenvalue weighted by Crippen LogP contribution is 2.24. The lowest BCUT2D eigenvalue weighted by Gasteiger charge is -2.35. The quantitative estimate of drug-likeness (QED) is 0.487. The molecule has 1 amide bonds. The summed E-state index contributed by atoms with van der Waals surface area (Å²) in [6, 6.07) is 13.1. The van der Waals surface area contributed by atoms with Crippen molar-refractivity contribution in [2.24, 2.45) is 0 Å². The number of rotatable bonds is 9. The molecule has 3 N–H and O–H groups in total. The maximum Gasteiger partial charge on any atom is 0.330 e. The van der Waals surface area contributed by atoms with Crippen molar-refractivity contribution in [2.45, 2.75) is 58.2 Å². The molecule has 2 heterocycles. The summed E-state index contributed by atoms with van der Waals surface area (Å²) in [7, 11) is 0. The number of nitrogen functional groups attached to an aromatic ring is 1. The number of likely N-dealkylation sites (N-methyl/N-ethyl adjacent to an activating group) is 1. The molecule has 0 radical (unpaired) electrons. The van der Waals surface area contributed by atoms with E-state index in [1.165, 1.54) is 11.0 Å². The largest absolute Gasteiger partial charge is 0.467 e. The average Bonchev–Trinajstić information content (AvgIpc) is 3.36. The molecule has 9 nitrogen and oxygen atoms in total. The van der Waals surface area contributed by atoms with Gasteiger partial charge in [-0.05, 0) is 37.5 Å². The number of nitrogens with one attached hydrogen (secondary N) is 1. The van der Waals surface area contributed by atoms with E-state index in [1.807, 2.05) is 42.2 Å². The fourth-order valence-electron chi connectivity index (χ4n) is 4.90. The fourth-order valence-corrected chi connectivity index (χ4v) is 4.90. The molecule has 9 heteroatoms. The van der Waals surface area contributed by atoms with E-state index in [2.05, 4.69) is 4.98 Å². The number of aromatic nitrogens is 2. The molecule has 0 spiro atoms. The minimum atomic E-state index is -0.628. The summed E-state index contributed by atoms with van der Waals surface area (Å²) in [4.78, 5) is 45.0. The lowest BCUT2D eigenvalue weighted by Crippen LogP contribution is -2.48. The van der Waals surface area contributed by atoms with Crippen molar-refractivity contribution in [3.8, 4) is 0 Å². The highest BCUT2D eigenvalue weighted by atomic mass is 16.3. The Labute approximate surface area is 204 Å². The predicted octanol–water partition coefficient (Wildman–Crippen LogP) is 2.95. The van der Waals surface area contributed by atoms with Crippen molar-refractivity contribution < 1.29 is 9.21 Å². The zero-order valence-electron chi connectivity index (χ0n) is 20.1.